The summed E-state index contributed by atoms with van der Waals surface area (Å²) in [6.45, 7) is 6.38. The minimum Gasteiger partial charge on any atom is -0.349 e. The van der Waals surface area contributed by atoms with Gasteiger partial charge in [0.25, 0.3) is 5.91 Å². The van der Waals surface area contributed by atoms with Crippen LogP contribution in [0.15, 0.2) is 36.4 Å². The number of urea groups is 1. The molecule has 1 fully saturated rings. The summed E-state index contributed by atoms with van der Waals surface area (Å²) >= 11 is 0. The predicted octanol–water partition coefficient (Wildman–Crippen LogP) is 2.47. The van der Waals surface area contributed by atoms with Crippen LogP contribution in [0.2, 0.25) is 0 Å². The first-order chi connectivity index (χ1) is 12.4. The molecule has 2 aromatic rings. The smallest absolute Gasteiger partial charge is 0.325 e. The van der Waals surface area contributed by atoms with Crippen molar-refractivity contribution in [3.8, 4) is 0 Å². The molecule has 1 aliphatic rings. The monoisotopic (exact) mass is 353 g/mol. The number of Topliss-reactive ketones (excluding diaryl/α,β-unsaturated/α-hetero) is 1. The van der Waals surface area contributed by atoms with Crippen LogP contribution in [0.25, 0.3) is 0 Å². The van der Waals surface area contributed by atoms with Crippen LogP contribution in [0.1, 0.15) is 34.2 Å². The molecule has 3 amide bonds. The average molecular weight is 353 g/mol. The van der Waals surface area contributed by atoms with Crippen molar-refractivity contribution in [3.63, 3.8) is 0 Å². The first kappa shape index (κ1) is 17.9. The summed E-state index contributed by atoms with van der Waals surface area (Å²) in [5, 5.41) is 2.68. The van der Waals surface area contributed by atoms with E-state index in [4.69, 9.17) is 0 Å². The van der Waals surface area contributed by atoms with Gasteiger partial charge in [0.15, 0.2) is 5.78 Å². The second-order valence-electron chi connectivity index (χ2n) is 6.57. The molecule has 1 saturated heterocycles. The number of carbonyl (C=O) groups is 3. The molecule has 1 unspecified atom stereocenters. The highest BCUT2D eigenvalue weighted by Gasteiger charge is 2.39. The largest absolute Gasteiger partial charge is 0.349 e. The highest BCUT2D eigenvalue weighted by molar-refractivity contribution is 6.09. The fourth-order valence-corrected chi connectivity index (χ4v) is 3.51. The van der Waals surface area contributed by atoms with Gasteiger partial charge in [-0.25, -0.2) is 4.79 Å². The standard InChI is InChI=1S/C20H23N3O3/c1-4-22-13(2)10-16(14(22)3)18(24)12-23-19(25)17(21-20(23)26)11-15-8-6-5-7-9-15/h5-10,17H,4,11-12H2,1-3H3,(H,21,26). The average Bonchev–Trinajstić information content (AvgIpc) is 3.05. The van der Waals surface area contributed by atoms with Gasteiger partial charge in [0, 0.05) is 29.9 Å². The van der Waals surface area contributed by atoms with Crippen molar-refractivity contribution in [1.29, 1.82) is 0 Å². The molecule has 1 N–H and O–H groups in total. The van der Waals surface area contributed by atoms with Gasteiger partial charge in [0.2, 0.25) is 0 Å². The number of nitrogens with one attached hydrogen (secondary N) is 1. The zero-order valence-electron chi connectivity index (χ0n) is 15.3. The Hall–Kier alpha value is -2.89. The molecule has 0 radical (unpaired) electrons. The van der Waals surface area contributed by atoms with Gasteiger partial charge in [0.05, 0.1) is 6.54 Å². The molecule has 1 aromatic heterocycles. The number of aryl methyl sites for hydroxylation is 1. The minimum atomic E-state index is -0.624. The Bertz CT molecular complexity index is 855. The van der Waals surface area contributed by atoms with Gasteiger partial charge in [-0.15, -0.1) is 0 Å². The summed E-state index contributed by atoms with van der Waals surface area (Å²) in [6.07, 6.45) is 0.417. The Labute approximate surface area is 152 Å². The Balaban J connectivity index is 1.73. The van der Waals surface area contributed by atoms with Crippen molar-refractivity contribution in [2.24, 2.45) is 0 Å². The van der Waals surface area contributed by atoms with E-state index in [9.17, 15) is 14.4 Å². The van der Waals surface area contributed by atoms with Crippen LogP contribution in [0.3, 0.4) is 0 Å². The molecule has 1 aliphatic heterocycles. The first-order valence-corrected chi connectivity index (χ1v) is 8.78. The van der Waals surface area contributed by atoms with E-state index in [1.54, 1.807) is 0 Å². The first-order valence-electron chi connectivity index (χ1n) is 8.78. The number of hydrogen-bond acceptors (Lipinski definition) is 3. The molecular weight excluding hydrogens is 330 g/mol. The summed E-state index contributed by atoms with van der Waals surface area (Å²) < 4.78 is 2.04. The molecule has 2 heterocycles. The molecule has 0 saturated carbocycles. The third-order valence-corrected chi connectivity index (χ3v) is 4.88. The number of ketones is 1. The maximum atomic E-state index is 12.7. The van der Waals surface area contributed by atoms with Crippen LogP contribution in [0.5, 0.6) is 0 Å². The van der Waals surface area contributed by atoms with Gasteiger partial charge in [-0.3, -0.25) is 14.5 Å². The number of amides is 3. The summed E-state index contributed by atoms with van der Waals surface area (Å²) in [4.78, 5) is 38.5. The maximum absolute atomic E-state index is 12.7. The van der Waals surface area contributed by atoms with E-state index >= 15 is 0 Å². The van der Waals surface area contributed by atoms with E-state index in [2.05, 4.69) is 5.32 Å². The summed E-state index contributed by atoms with van der Waals surface area (Å²) in [5.74, 6) is -0.571. The van der Waals surface area contributed by atoms with Gasteiger partial charge in [-0.2, -0.15) is 0 Å². The van der Waals surface area contributed by atoms with Crippen molar-refractivity contribution >= 4 is 17.7 Å². The quantitative estimate of drug-likeness (QED) is 0.641. The molecule has 1 aromatic carbocycles. The fraction of sp³-hybridized carbons (Fsp3) is 0.350. The third-order valence-electron chi connectivity index (χ3n) is 4.88. The lowest BCUT2D eigenvalue weighted by Gasteiger charge is -2.12. The number of aromatic nitrogens is 1. The zero-order valence-corrected chi connectivity index (χ0v) is 15.3. The van der Waals surface area contributed by atoms with E-state index < -0.39 is 12.1 Å². The SMILES string of the molecule is CCn1c(C)cc(C(=O)CN2C(=O)NC(Cc3ccccc3)C2=O)c1C. The number of hydrogen-bond donors (Lipinski definition) is 1. The van der Waals surface area contributed by atoms with Crippen molar-refractivity contribution in [3.05, 3.63) is 58.9 Å². The topological polar surface area (TPSA) is 71.4 Å². The summed E-state index contributed by atoms with van der Waals surface area (Å²) in [6, 6.07) is 10.2. The molecule has 1 atom stereocenters. The Morgan fingerprint density at radius 3 is 2.46 bits per heavy atom. The molecule has 136 valence electrons. The zero-order chi connectivity index (χ0) is 18.8. The van der Waals surface area contributed by atoms with Gasteiger partial charge in [0.1, 0.15) is 6.04 Å². The summed E-state index contributed by atoms with van der Waals surface area (Å²) in [7, 11) is 0. The molecule has 0 bridgehead atoms. The van der Waals surface area contributed by atoms with E-state index in [1.165, 1.54) is 0 Å². The normalized spacial score (nSPS) is 16.9. The van der Waals surface area contributed by atoms with Crippen LogP contribution in [0.4, 0.5) is 4.79 Å². The van der Waals surface area contributed by atoms with Crippen LogP contribution in [-0.2, 0) is 17.8 Å². The number of benzene rings is 1. The lowest BCUT2D eigenvalue weighted by atomic mass is 10.1. The Morgan fingerprint density at radius 1 is 1.15 bits per heavy atom. The minimum absolute atomic E-state index is 0.221. The number of nitrogens with zero attached hydrogens (tertiary/aromatic N) is 2. The van der Waals surface area contributed by atoms with Gasteiger partial charge in [-0.05, 0) is 32.4 Å². The van der Waals surface area contributed by atoms with Crippen LogP contribution < -0.4 is 5.32 Å². The van der Waals surface area contributed by atoms with E-state index in [0.29, 0.717) is 12.0 Å². The Morgan fingerprint density at radius 2 is 1.85 bits per heavy atom. The van der Waals surface area contributed by atoms with Gasteiger partial charge < -0.3 is 9.88 Å². The van der Waals surface area contributed by atoms with E-state index in [1.807, 2.05) is 61.7 Å². The lowest BCUT2D eigenvalue weighted by Crippen LogP contribution is -2.36. The molecule has 0 spiro atoms. The Kier molecular flexibility index (Phi) is 4.93. The van der Waals surface area contributed by atoms with Crippen molar-refractivity contribution < 1.29 is 14.4 Å². The number of rotatable bonds is 6. The molecule has 3 rings (SSSR count). The second kappa shape index (κ2) is 7.15. The van der Waals surface area contributed by atoms with E-state index in [-0.39, 0.29) is 18.2 Å². The molecule has 0 aliphatic carbocycles. The number of carbonyl (C=O) groups excluding carboxylic acids is 3. The predicted molar refractivity (Wildman–Crippen MR) is 98.1 cm³/mol. The number of imide groups is 1. The second-order valence-corrected chi connectivity index (χ2v) is 6.57. The van der Waals surface area contributed by atoms with Crippen molar-refractivity contribution in [2.75, 3.05) is 6.54 Å². The molecule has 6 nitrogen and oxygen atoms in total. The highest BCUT2D eigenvalue weighted by Crippen LogP contribution is 2.18. The third kappa shape index (κ3) is 3.27. The molecule has 6 heteroatoms. The maximum Gasteiger partial charge on any atom is 0.325 e. The van der Waals surface area contributed by atoms with Crippen LogP contribution in [0, 0.1) is 13.8 Å². The van der Waals surface area contributed by atoms with Gasteiger partial charge >= 0.3 is 6.03 Å². The van der Waals surface area contributed by atoms with Crippen molar-refractivity contribution in [1.82, 2.24) is 14.8 Å². The molecule has 26 heavy (non-hydrogen) atoms. The van der Waals surface area contributed by atoms with Gasteiger partial charge in [-0.1, -0.05) is 30.3 Å². The van der Waals surface area contributed by atoms with Crippen LogP contribution in [-0.4, -0.2) is 39.8 Å². The van der Waals surface area contributed by atoms with Crippen molar-refractivity contribution in [2.45, 2.75) is 39.8 Å². The lowest BCUT2D eigenvalue weighted by molar-refractivity contribution is -0.127. The molecular formula is C20H23N3O3. The fourth-order valence-electron chi connectivity index (χ4n) is 3.51. The highest BCUT2D eigenvalue weighted by atomic mass is 16.2. The summed E-state index contributed by atoms with van der Waals surface area (Å²) in [5.41, 5.74) is 3.39. The van der Waals surface area contributed by atoms with Crippen LogP contribution >= 0.6 is 0 Å². The van der Waals surface area contributed by atoms with E-state index in [0.717, 1.165) is 28.4 Å².